The average Bonchev–Trinajstić information content (AvgIpc) is 2.14. The van der Waals surface area contributed by atoms with Crippen molar-refractivity contribution in [1.82, 2.24) is 5.32 Å². The number of thioether (sulfide) groups is 1. The maximum absolute atomic E-state index is 4.97. The Hall–Kier alpha value is 0.240. The van der Waals surface area contributed by atoms with E-state index < -0.39 is 0 Å². The summed E-state index contributed by atoms with van der Waals surface area (Å²) in [7, 11) is 0. The largest absolute Gasteiger partial charge is 0.367 e. The van der Waals surface area contributed by atoms with E-state index in [0.29, 0.717) is 12.0 Å². The first-order valence-electron chi connectivity index (χ1n) is 3.13. The normalized spacial score (nSPS) is 27.0. The molecule has 0 aromatic carbocycles. The lowest BCUT2D eigenvalue weighted by Crippen LogP contribution is -2.30. The molecule has 0 aromatic heterocycles. The fourth-order valence-electron chi connectivity index (χ4n) is 0.759. The van der Waals surface area contributed by atoms with Gasteiger partial charge in [-0.1, -0.05) is 37.8 Å². The molecule has 0 saturated carbocycles. The number of thiocarbonyl (C=S) groups is 1. The van der Waals surface area contributed by atoms with Crippen LogP contribution in [0.25, 0.3) is 0 Å². The van der Waals surface area contributed by atoms with Gasteiger partial charge in [-0.3, -0.25) is 0 Å². The Labute approximate surface area is 65.6 Å². The van der Waals surface area contributed by atoms with Gasteiger partial charge in [0.25, 0.3) is 0 Å². The third-order valence-electron chi connectivity index (χ3n) is 1.50. The maximum atomic E-state index is 4.97. The Morgan fingerprint density at radius 1 is 1.78 bits per heavy atom. The first kappa shape index (κ1) is 7.35. The molecule has 0 unspecified atom stereocenters. The molecule has 1 rings (SSSR count). The van der Waals surface area contributed by atoms with E-state index in [4.69, 9.17) is 12.2 Å². The predicted molar refractivity (Wildman–Crippen MR) is 46.8 cm³/mol. The van der Waals surface area contributed by atoms with Crippen molar-refractivity contribution < 1.29 is 0 Å². The van der Waals surface area contributed by atoms with Crippen LogP contribution in [0.4, 0.5) is 0 Å². The summed E-state index contributed by atoms with van der Waals surface area (Å²) in [5.41, 5.74) is 0. The molecule has 1 N–H and O–H groups in total. The lowest BCUT2D eigenvalue weighted by Gasteiger charge is -2.12. The third kappa shape index (κ3) is 1.83. The summed E-state index contributed by atoms with van der Waals surface area (Å²) in [6.45, 7) is 4.43. The molecule has 1 heterocycles. The summed E-state index contributed by atoms with van der Waals surface area (Å²) < 4.78 is 0.966. The van der Waals surface area contributed by atoms with E-state index in [1.165, 1.54) is 0 Å². The molecule has 1 atom stereocenters. The molecule has 3 heteroatoms. The molecule has 1 saturated heterocycles. The summed E-state index contributed by atoms with van der Waals surface area (Å²) in [6.07, 6.45) is 0. The van der Waals surface area contributed by atoms with Crippen LogP contribution in [0.15, 0.2) is 0 Å². The molecule has 0 aliphatic carbocycles. The van der Waals surface area contributed by atoms with Gasteiger partial charge < -0.3 is 5.32 Å². The van der Waals surface area contributed by atoms with Gasteiger partial charge in [0.15, 0.2) is 0 Å². The highest BCUT2D eigenvalue weighted by molar-refractivity contribution is 8.23. The first-order valence-corrected chi connectivity index (χ1v) is 4.53. The molecule has 1 fully saturated rings. The van der Waals surface area contributed by atoms with Crippen LogP contribution in [-0.2, 0) is 0 Å². The minimum absolute atomic E-state index is 0.613. The quantitative estimate of drug-likeness (QED) is 0.587. The summed E-state index contributed by atoms with van der Waals surface area (Å²) in [5.74, 6) is 1.86. The van der Waals surface area contributed by atoms with Crippen LogP contribution in [-0.4, -0.2) is 16.1 Å². The van der Waals surface area contributed by atoms with Crippen molar-refractivity contribution in [3.05, 3.63) is 0 Å². The lowest BCUT2D eigenvalue weighted by molar-refractivity contribution is 0.505. The monoisotopic (exact) mass is 161 g/mol. The van der Waals surface area contributed by atoms with E-state index in [-0.39, 0.29) is 0 Å². The van der Waals surface area contributed by atoms with Gasteiger partial charge in [0.1, 0.15) is 4.32 Å². The Morgan fingerprint density at radius 2 is 2.44 bits per heavy atom. The fraction of sp³-hybridized carbons (Fsp3) is 0.833. The van der Waals surface area contributed by atoms with E-state index >= 15 is 0 Å². The van der Waals surface area contributed by atoms with Crippen LogP contribution in [0.1, 0.15) is 13.8 Å². The molecule has 0 bridgehead atoms. The van der Waals surface area contributed by atoms with Crippen molar-refractivity contribution in [2.45, 2.75) is 19.9 Å². The minimum atomic E-state index is 0.613. The smallest absolute Gasteiger partial charge is 0.134 e. The zero-order valence-electron chi connectivity index (χ0n) is 5.68. The Kier molecular flexibility index (Phi) is 2.35. The van der Waals surface area contributed by atoms with E-state index in [1.54, 1.807) is 11.8 Å². The van der Waals surface area contributed by atoms with Crippen LogP contribution >= 0.6 is 24.0 Å². The van der Waals surface area contributed by atoms with E-state index in [9.17, 15) is 0 Å². The predicted octanol–water partition coefficient (Wildman–Crippen LogP) is 1.63. The van der Waals surface area contributed by atoms with Gasteiger partial charge in [-0.25, -0.2) is 0 Å². The molecular weight excluding hydrogens is 150 g/mol. The van der Waals surface area contributed by atoms with Crippen molar-refractivity contribution in [3.63, 3.8) is 0 Å². The van der Waals surface area contributed by atoms with Gasteiger partial charge >= 0.3 is 0 Å². The number of hydrogen-bond acceptors (Lipinski definition) is 2. The van der Waals surface area contributed by atoms with Crippen molar-refractivity contribution >= 4 is 28.3 Å². The molecule has 52 valence electrons. The van der Waals surface area contributed by atoms with Gasteiger partial charge in [-0.05, 0) is 5.92 Å². The second-order valence-electron chi connectivity index (χ2n) is 2.59. The number of nitrogens with one attached hydrogen (secondary N) is 1. The maximum Gasteiger partial charge on any atom is 0.134 e. The molecule has 1 aliphatic heterocycles. The second kappa shape index (κ2) is 2.88. The number of hydrogen-bond donors (Lipinski definition) is 1. The van der Waals surface area contributed by atoms with Gasteiger partial charge in [-0.2, -0.15) is 0 Å². The van der Waals surface area contributed by atoms with E-state index in [1.807, 2.05) is 0 Å². The van der Waals surface area contributed by atoms with Gasteiger partial charge in [-0.15, -0.1) is 0 Å². The molecule has 0 spiro atoms. The van der Waals surface area contributed by atoms with Crippen LogP contribution in [0.5, 0.6) is 0 Å². The Bertz CT molecular complexity index is 122. The van der Waals surface area contributed by atoms with Gasteiger partial charge in [0.05, 0.1) is 0 Å². The average molecular weight is 161 g/mol. The van der Waals surface area contributed by atoms with Crippen molar-refractivity contribution in [3.8, 4) is 0 Å². The summed E-state index contributed by atoms with van der Waals surface area (Å²) >= 11 is 6.72. The highest BCUT2D eigenvalue weighted by Gasteiger charge is 2.20. The molecule has 9 heavy (non-hydrogen) atoms. The second-order valence-corrected chi connectivity index (χ2v) is 4.29. The molecule has 1 nitrogen and oxygen atoms in total. The highest BCUT2D eigenvalue weighted by Crippen LogP contribution is 2.18. The number of rotatable bonds is 1. The lowest BCUT2D eigenvalue weighted by atomic mass is 10.1. The molecular formula is C6H11NS2. The zero-order valence-corrected chi connectivity index (χ0v) is 7.31. The van der Waals surface area contributed by atoms with Crippen molar-refractivity contribution in [1.29, 1.82) is 0 Å². The van der Waals surface area contributed by atoms with E-state index in [0.717, 1.165) is 10.1 Å². The molecule has 1 aliphatic rings. The summed E-state index contributed by atoms with van der Waals surface area (Å²) in [6, 6.07) is 0.613. The SMILES string of the molecule is CC(C)[C@H]1CSC(=S)N1. The molecule has 0 radical (unpaired) electrons. The van der Waals surface area contributed by atoms with Crippen LogP contribution in [0, 0.1) is 5.92 Å². The standard InChI is InChI=1S/C6H11NS2/c1-4(2)5-3-9-6(8)7-5/h4-5H,3H2,1-2H3,(H,7,8)/t5-/m1/s1. The van der Waals surface area contributed by atoms with Crippen LogP contribution in [0.3, 0.4) is 0 Å². The molecule has 0 aromatic rings. The van der Waals surface area contributed by atoms with Crippen molar-refractivity contribution in [2.24, 2.45) is 5.92 Å². The summed E-state index contributed by atoms with van der Waals surface area (Å²) in [5, 5.41) is 3.25. The summed E-state index contributed by atoms with van der Waals surface area (Å²) in [4.78, 5) is 0. The van der Waals surface area contributed by atoms with Gasteiger partial charge in [0.2, 0.25) is 0 Å². The molecule has 0 amide bonds. The Balaban J connectivity index is 2.39. The topological polar surface area (TPSA) is 12.0 Å². The third-order valence-corrected chi connectivity index (χ3v) is 2.88. The van der Waals surface area contributed by atoms with Crippen LogP contribution in [0.2, 0.25) is 0 Å². The zero-order chi connectivity index (χ0) is 6.85. The minimum Gasteiger partial charge on any atom is -0.367 e. The van der Waals surface area contributed by atoms with E-state index in [2.05, 4.69) is 19.2 Å². The van der Waals surface area contributed by atoms with Crippen molar-refractivity contribution in [2.75, 3.05) is 5.75 Å². The first-order chi connectivity index (χ1) is 4.20. The highest BCUT2D eigenvalue weighted by atomic mass is 32.2. The Morgan fingerprint density at radius 3 is 2.67 bits per heavy atom. The fourth-order valence-corrected chi connectivity index (χ4v) is 2.15. The van der Waals surface area contributed by atoms with Gasteiger partial charge in [0, 0.05) is 11.8 Å². The van der Waals surface area contributed by atoms with Crippen LogP contribution < -0.4 is 5.32 Å².